The summed E-state index contributed by atoms with van der Waals surface area (Å²) in [4.78, 5) is 30.3. The van der Waals surface area contributed by atoms with Gasteiger partial charge >= 0.3 is 0 Å². The van der Waals surface area contributed by atoms with E-state index in [1.165, 1.54) is 37.0 Å². The van der Waals surface area contributed by atoms with E-state index in [1.54, 1.807) is 11.6 Å². The Kier molecular flexibility index (Phi) is 7.63. The van der Waals surface area contributed by atoms with Crippen LogP contribution in [0.25, 0.3) is 0 Å². The van der Waals surface area contributed by atoms with Gasteiger partial charge in [-0.3, -0.25) is 9.69 Å². The minimum absolute atomic E-state index is 0.137. The van der Waals surface area contributed by atoms with Gasteiger partial charge in [0, 0.05) is 30.7 Å². The third-order valence-electron chi connectivity index (χ3n) is 6.31. The molecule has 2 fully saturated rings. The van der Waals surface area contributed by atoms with Crippen molar-refractivity contribution < 1.29 is 4.79 Å². The Morgan fingerprint density at radius 2 is 2.16 bits per heavy atom. The highest BCUT2D eigenvalue weighted by molar-refractivity contribution is 7.14. The second kappa shape index (κ2) is 10.8. The highest BCUT2D eigenvalue weighted by Crippen LogP contribution is 2.31. The number of amides is 1. The molecule has 0 bridgehead atoms. The van der Waals surface area contributed by atoms with Gasteiger partial charge in [0.1, 0.15) is 5.69 Å². The summed E-state index contributed by atoms with van der Waals surface area (Å²) in [7, 11) is 2.13. The molecule has 1 aliphatic heterocycles. The Bertz CT molecular complexity index is 951. The van der Waals surface area contributed by atoms with Crippen LogP contribution in [0.4, 0.5) is 11.1 Å². The Labute approximate surface area is 192 Å². The summed E-state index contributed by atoms with van der Waals surface area (Å²) in [5, 5.41) is 17.4. The maximum absolute atomic E-state index is 12.5. The van der Waals surface area contributed by atoms with Gasteiger partial charge in [-0.15, -0.1) is 11.3 Å². The van der Waals surface area contributed by atoms with Crippen molar-refractivity contribution in [1.82, 2.24) is 30.1 Å². The average Bonchev–Trinajstić information content (AvgIpc) is 3.56. The molecule has 2 aromatic heterocycles. The van der Waals surface area contributed by atoms with Crippen LogP contribution in [0.3, 0.4) is 0 Å². The molecule has 2 aromatic rings. The van der Waals surface area contributed by atoms with E-state index >= 15 is 0 Å². The standard InChI is InChI=1S/C22H30N8OS/c1-29(16-5-2-3-6-16)14-11-24-20(31)18-15-32-22(27-18)28-21-25-10-8-17(26-21)19-7-4-12-30(19)13-9-23/h8,10,15-16,19H,2-7,11-14H2,1H3,(H,24,31)(H,25,26,27,28)/t19-/m0/s1. The van der Waals surface area contributed by atoms with Gasteiger partial charge in [0.15, 0.2) is 5.13 Å². The van der Waals surface area contributed by atoms with Crippen molar-refractivity contribution >= 4 is 28.3 Å². The third-order valence-corrected chi connectivity index (χ3v) is 7.07. The predicted octanol–water partition coefficient (Wildman–Crippen LogP) is 2.94. The van der Waals surface area contributed by atoms with Gasteiger partial charge in [-0.25, -0.2) is 15.0 Å². The van der Waals surface area contributed by atoms with Gasteiger partial charge in [-0.1, -0.05) is 12.8 Å². The fourth-order valence-corrected chi connectivity index (χ4v) is 5.24. The quantitative estimate of drug-likeness (QED) is 0.557. The lowest BCUT2D eigenvalue weighted by molar-refractivity contribution is 0.0943. The smallest absolute Gasteiger partial charge is 0.270 e. The second-order valence-corrected chi connectivity index (χ2v) is 9.29. The van der Waals surface area contributed by atoms with Crippen molar-refractivity contribution in [1.29, 1.82) is 5.26 Å². The summed E-state index contributed by atoms with van der Waals surface area (Å²) in [6, 6.07) is 4.91. The summed E-state index contributed by atoms with van der Waals surface area (Å²) >= 11 is 1.35. The number of thiazole rings is 1. The fraction of sp³-hybridized carbons (Fsp3) is 0.591. The fourth-order valence-electron chi connectivity index (χ4n) is 4.55. The Balaban J connectivity index is 1.30. The average molecular weight is 455 g/mol. The minimum Gasteiger partial charge on any atom is -0.349 e. The molecule has 0 spiro atoms. The number of carbonyl (C=O) groups is 1. The van der Waals surface area contributed by atoms with E-state index in [1.807, 2.05) is 6.07 Å². The number of likely N-dealkylation sites (tertiary alicyclic amines) is 1. The van der Waals surface area contributed by atoms with E-state index in [0.29, 0.717) is 35.9 Å². The largest absolute Gasteiger partial charge is 0.349 e. The number of anilines is 2. The highest BCUT2D eigenvalue weighted by Gasteiger charge is 2.27. The first-order valence-corrected chi connectivity index (χ1v) is 12.2. The van der Waals surface area contributed by atoms with Gasteiger partial charge in [-0.05, 0) is 45.3 Å². The van der Waals surface area contributed by atoms with Gasteiger partial charge in [0.05, 0.1) is 24.3 Å². The highest BCUT2D eigenvalue weighted by atomic mass is 32.1. The Morgan fingerprint density at radius 1 is 1.31 bits per heavy atom. The second-order valence-electron chi connectivity index (χ2n) is 8.43. The molecule has 170 valence electrons. The minimum atomic E-state index is -0.165. The number of rotatable bonds is 9. The molecular formula is C22H30N8OS. The maximum Gasteiger partial charge on any atom is 0.270 e. The molecule has 1 saturated heterocycles. The van der Waals surface area contributed by atoms with E-state index < -0.39 is 0 Å². The van der Waals surface area contributed by atoms with Crippen LogP contribution in [0.2, 0.25) is 0 Å². The number of nitrogens with one attached hydrogen (secondary N) is 2. The zero-order valence-corrected chi connectivity index (χ0v) is 19.3. The van der Waals surface area contributed by atoms with E-state index in [4.69, 9.17) is 5.26 Å². The molecule has 2 N–H and O–H groups in total. The zero-order chi connectivity index (χ0) is 22.3. The molecule has 1 saturated carbocycles. The number of hydrogen-bond acceptors (Lipinski definition) is 9. The van der Waals surface area contributed by atoms with Crippen molar-refractivity contribution in [3.8, 4) is 6.07 Å². The van der Waals surface area contributed by atoms with Crippen LogP contribution in [0.5, 0.6) is 0 Å². The van der Waals surface area contributed by atoms with Crippen LogP contribution in [0, 0.1) is 11.3 Å². The molecule has 0 radical (unpaired) electrons. The Hall–Kier alpha value is -2.61. The molecule has 0 unspecified atom stereocenters. The number of hydrogen-bond donors (Lipinski definition) is 2. The van der Waals surface area contributed by atoms with Crippen LogP contribution >= 0.6 is 11.3 Å². The van der Waals surface area contributed by atoms with Crippen LogP contribution in [0.15, 0.2) is 17.6 Å². The van der Waals surface area contributed by atoms with Crippen molar-refractivity contribution in [2.24, 2.45) is 0 Å². The number of carbonyl (C=O) groups excluding carboxylic acids is 1. The summed E-state index contributed by atoms with van der Waals surface area (Å²) in [6.07, 6.45) is 8.88. The van der Waals surface area contributed by atoms with E-state index in [2.05, 4.69) is 48.5 Å². The monoisotopic (exact) mass is 454 g/mol. The van der Waals surface area contributed by atoms with E-state index in [0.717, 1.165) is 31.6 Å². The first kappa shape index (κ1) is 22.6. The topological polar surface area (TPSA) is 110 Å². The first-order chi connectivity index (χ1) is 15.6. The van der Waals surface area contributed by atoms with Gasteiger partial charge in [0.2, 0.25) is 5.95 Å². The Morgan fingerprint density at radius 3 is 2.97 bits per heavy atom. The number of nitriles is 1. The van der Waals surface area contributed by atoms with Crippen LogP contribution in [-0.4, -0.2) is 69.9 Å². The molecule has 10 heteroatoms. The SMILES string of the molecule is CN(CCNC(=O)c1csc(Nc2nccc([C@@H]3CCCN3CC#N)n2)n1)C1CCCC1. The number of aromatic nitrogens is 3. The molecular weight excluding hydrogens is 424 g/mol. The van der Waals surface area contributed by atoms with Crippen molar-refractivity contribution in [2.75, 3.05) is 38.5 Å². The molecule has 9 nitrogen and oxygen atoms in total. The van der Waals surface area contributed by atoms with Gasteiger partial charge < -0.3 is 15.5 Å². The number of likely N-dealkylation sites (N-methyl/N-ethyl adjacent to an activating group) is 1. The van der Waals surface area contributed by atoms with E-state index in [9.17, 15) is 4.79 Å². The summed E-state index contributed by atoms with van der Waals surface area (Å²) in [5.41, 5.74) is 1.30. The molecule has 1 amide bonds. The van der Waals surface area contributed by atoms with Crippen LogP contribution in [-0.2, 0) is 0 Å². The number of nitrogens with zero attached hydrogens (tertiary/aromatic N) is 6. The normalized spacial score (nSPS) is 19.3. The van der Waals surface area contributed by atoms with Crippen LogP contribution < -0.4 is 10.6 Å². The molecule has 1 atom stereocenters. The molecule has 0 aromatic carbocycles. The molecule has 2 aliphatic rings. The van der Waals surface area contributed by atoms with Crippen molar-refractivity contribution in [3.63, 3.8) is 0 Å². The first-order valence-electron chi connectivity index (χ1n) is 11.3. The lowest BCUT2D eigenvalue weighted by Gasteiger charge is -2.23. The molecule has 32 heavy (non-hydrogen) atoms. The van der Waals surface area contributed by atoms with Crippen molar-refractivity contribution in [3.05, 3.63) is 29.0 Å². The molecule has 3 heterocycles. The van der Waals surface area contributed by atoms with E-state index in [-0.39, 0.29) is 11.9 Å². The summed E-state index contributed by atoms with van der Waals surface area (Å²) in [6.45, 7) is 2.76. The van der Waals surface area contributed by atoms with Gasteiger partial charge in [0.25, 0.3) is 5.91 Å². The van der Waals surface area contributed by atoms with Crippen molar-refractivity contribution in [2.45, 2.75) is 50.6 Å². The maximum atomic E-state index is 12.5. The lowest BCUT2D eigenvalue weighted by atomic mass is 10.1. The summed E-state index contributed by atoms with van der Waals surface area (Å²) in [5.74, 6) is 0.285. The lowest BCUT2D eigenvalue weighted by Crippen LogP contribution is -2.37. The third kappa shape index (κ3) is 5.59. The predicted molar refractivity (Wildman–Crippen MR) is 124 cm³/mol. The zero-order valence-electron chi connectivity index (χ0n) is 18.5. The molecule has 4 rings (SSSR count). The molecule has 1 aliphatic carbocycles. The van der Waals surface area contributed by atoms with Gasteiger partial charge in [-0.2, -0.15) is 5.26 Å². The summed E-state index contributed by atoms with van der Waals surface area (Å²) < 4.78 is 0. The van der Waals surface area contributed by atoms with Crippen LogP contribution in [0.1, 0.15) is 60.7 Å².